The van der Waals surface area contributed by atoms with Crippen LogP contribution >= 0.6 is 22.7 Å². The van der Waals surface area contributed by atoms with E-state index in [-0.39, 0.29) is 5.91 Å². The van der Waals surface area contributed by atoms with Gasteiger partial charge >= 0.3 is 0 Å². The monoisotopic (exact) mass is 506 g/mol. The van der Waals surface area contributed by atoms with E-state index in [1.165, 1.54) is 22.7 Å². The van der Waals surface area contributed by atoms with Crippen LogP contribution in [0.2, 0.25) is 0 Å². The molecule has 180 valence electrons. The summed E-state index contributed by atoms with van der Waals surface area (Å²) in [6.45, 7) is 0. The Bertz CT molecular complexity index is 1250. The number of hydrogen-bond acceptors (Lipinski definition) is 9. The lowest BCUT2D eigenvalue weighted by molar-refractivity contribution is -0.115. The molecule has 1 saturated carbocycles. The number of benzene rings is 2. The maximum absolute atomic E-state index is 12.3. The summed E-state index contributed by atoms with van der Waals surface area (Å²) in [7, 11) is 0. The number of nitrogens with one attached hydrogen (secondary N) is 2. The molecule has 35 heavy (non-hydrogen) atoms. The first-order valence-corrected chi connectivity index (χ1v) is 13.2. The number of aromatic nitrogens is 4. The van der Waals surface area contributed by atoms with Crippen LogP contribution in [0.3, 0.4) is 0 Å². The topological polar surface area (TPSA) is 113 Å². The van der Waals surface area contributed by atoms with Gasteiger partial charge in [-0.2, -0.15) is 0 Å². The van der Waals surface area contributed by atoms with E-state index in [0.29, 0.717) is 34.9 Å². The second-order valence-electron chi connectivity index (χ2n) is 8.66. The third-order valence-corrected chi connectivity index (χ3v) is 8.05. The van der Waals surface area contributed by atoms with Gasteiger partial charge in [0.25, 0.3) is 0 Å². The van der Waals surface area contributed by atoms with Crippen LogP contribution in [-0.2, 0) is 17.6 Å². The fourth-order valence-corrected chi connectivity index (χ4v) is 6.16. The van der Waals surface area contributed by atoms with Crippen molar-refractivity contribution in [1.82, 2.24) is 20.4 Å². The van der Waals surface area contributed by atoms with E-state index < -0.39 is 6.23 Å². The fourth-order valence-electron chi connectivity index (χ4n) is 4.31. The molecule has 2 aromatic heterocycles. The van der Waals surface area contributed by atoms with E-state index in [0.717, 1.165) is 40.4 Å². The highest BCUT2D eigenvalue weighted by Gasteiger charge is 2.32. The molecule has 2 heterocycles. The number of nitrogens with zero attached hydrogens (tertiary/aromatic N) is 4. The van der Waals surface area contributed by atoms with Gasteiger partial charge in [0.1, 0.15) is 16.2 Å². The molecule has 1 aliphatic carbocycles. The van der Waals surface area contributed by atoms with Gasteiger partial charge < -0.3 is 15.7 Å². The van der Waals surface area contributed by atoms with Gasteiger partial charge in [0, 0.05) is 18.3 Å². The van der Waals surface area contributed by atoms with E-state index in [4.69, 9.17) is 0 Å². The standard InChI is InChI=1S/C25H26N6O2S2/c32-20(13-16-7-3-1-4-8-16)26-24-30-28-22(34-24)18-11-12-19(15-18)23-29-31-25(35-23)27-21(33)14-17-9-5-2-6-10-17/h1-10,18-20,32H,11-15H2,(H,26,30)(H,27,31,33)/t18-,19-,20?/m0/s1. The Hall–Kier alpha value is -3.21. The van der Waals surface area contributed by atoms with Crippen LogP contribution in [-0.4, -0.2) is 37.6 Å². The van der Waals surface area contributed by atoms with Gasteiger partial charge in [-0.25, -0.2) is 0 Å². The molecule has 0 radical (unpaired) electrons. The van der Waals surface area contributed by atoms with Crippen molar-refractivity contribution in [1.29, 1.82) is 0 Å². The number of carbonyl (C=O) groups is 1. The van der Waals surface area contributed by atoms with Crippen LogP contribution in [0.1, 0.15) is 52.2 Å². The summed E-state index contributed by atoms with van der Waals surface area (Å²) in [5, 5.41) is 36.5. The lowest BCUT2D eigenvalue weighted by Gasteiger charge is -2.11. The van der Waals surface area contributed by atoms with Crippen LogP contribution < -0.4 is 10.6 Å². The Morgan fingerprint density at radius 3 is 2.09 bits per heavy atom. The smallest absolute Gasteiger partial charge is 0.230 e. The van der Waals surface area contributed by atoms with E-state index >= 15 is 0 Å². The zero-order valence-corrected chi connectivity index (χ0v) is 20.6. The Labute approximate surface area is 211 Å². The van der Waals surface area contributed by atoms with Crippen molar-refractivity contribution >= 4 is 38.8 Å². The first kappa shape index (κ1) is 23.5. The molecule has 1 aliphatic rings. The molecule has 0 aliphatic heterocycles. The summed E-state index contributed by atoms with van der Waals surface area (Å²) < 4.78 is 0. The van der Waals surface area contributed by atoms with Crippen molar-refractivity contribution in [3.8, 4) is 0 Å². The summed E-state index contributed by atoms with van der Waals surface area (Å²) in [6, 6.07) is 19.5. The molecular formula is C25H26N6O2S2. The summed E-state index contributed by atoms with van der Waals surface area (Å²) >= 11 is 2.95. The molecular weight excluding hydrogens is 480 g/mol. The number of amides is 1. The van der Waals surface area contributed by atoms with Crippen LogP contribution in [0.25, 0.3) is 0 Å². The average molecular weight is 507 g/mol. The Balaban J connectivity index is 1.13. The third kappa shape index (κ3) is 6.27. The molecule has 3 N–H and O–H groups in total. The number of aliphatic hydroxyl groups excluding tert-OH is 1. The van der Waals surface area contributed by atoms with Gasteiger partial charge in [0.15, 0.2) is 0 Å². The molecule has 1 fully saturated rings. The van der Waals surface area contributed by atoms with E-state index in [9.17, 15) is 9.90 Å². The minimum atomic E-state index is -0.716. The molecule has 0 spiro atoms. The van der Waals surface area contributed by atoms with Crippen molar-refractivity contribution in [3.63, 3.8) is 0 Å². The summed E-state index contributed by atoms with van der Waals surface area (Å²) in [5.74, 6) is 0.507. The predicted octanol–water partition coefficient (Wildman–Crippen LogP) is 4.60. The fraction of sp³-hybridized carbons (Fsp3) is 0.320. The quantitative estimate of drug-likeness (QED) is 0.285. The second kappa shape index (κ2) is 11.0. The molecule has 5 rings (SSSR count). The zero-order chi connectivity index (χ0) is 24.0. The lowest BCUT2D eigenvalue weighted by Crippen LogP contribution is -2.21. The van der Waals surface area contributed by atoms with Crippen molar-refractivity contribution < 1.29 is 9.90 Å². The number of aliphatic hydroxyl groups is 1. The van der Waals surface area contributed by atoms with Crippen molar-refractivity contribution in [2.24, 2.45) is 0 Å². The average Bonchev–Trinajstić information content (AvgIpc) is 3.61. The first-order valence-electron chi connectivity index (χ1n) is 11.6. The van der Waals surface area contributed by atoms with Gasteiger partial charge in [-0.15, -0.1) is 20.4 Å². The van der Waals surface area contributed by atoms with Crippen molar-refractivity contribution in [3.05, 3.63) is 81.8 Å². The maximum Gasteiger partial charge on any atom is 0.230 e. The highest BCUT2D eigenvalue weighted by Crippen LogP contribution is 2.45. The normalized spacial score (nSPS) is 18.3. The second-order valence-corrected chi connectivity index (χ2v) is 10.7. The van der Waals surface area contributed by atoms with Gasteiger partial charge in [0.2, 0.25) is 16.2 Å². The molecule has 2 aromatic carbocycles. The van der Waals surface area contributed by atoms with Crippen LogP contribution in [0.15, 0.2) is 60.7 Å². The Kier molecular flexibility index (Phi) is 7.41. The molecule has 1 amide bonds. The Morgan fingerprint density at radius 2 is 1.43 bits per heavy atom. The molecule has 4 aromatic rings. The number of anilines is 2. The molecule has 3 atom stereocenters. The highest BCUT2D eigenvalue weighted by atomic mass is 32.1. The lowest BCUT2D eigenvalue weighted by atomic mass is 10.1. The van der Waals surface area contributed by atoms with Crippen LogP contribution in [0.4, 0.5) is 10.3 Å². The molecule has 8 nitrogen and oxygen atoms in total. The predicted molar refractivity (Wildman–Crippen MR) is 138 cm³/mol. The van der Waals surface area contributed by atoms with E-state index in [2.05, 4.69) is 31.0 Å². The van der Waals surface area contributed by atoms with Gasteiger partial charge in [-0.1, -0.05) is 83.3 Å². The van der Waals surface area contributed by atoms with Crippen LogP contribution in [0, 0.1) is 0 Å². The highest BCUT2D eigenvalue weighted by molar-refractivity contribution is 7.15. The van der Waals surface area contributed by atoms with Crippen molar-refractivity contribution in [2.75, 3.05) is 10.6 Å². The third-order valence-electron chi connectivity index (χ3n) is 6.03. The molecule has 10 heteroatoms. The van der Waals surface area contributed by atoms with E-state index in [1.54, 1.807) is 0 Å². The SMILES string of the molecule is O=C(Cc1ccccc1)Nc1nnc([C@H]2CC[C@H](c3nnc(NC(O)Cc4ccccc4)s3)C2)s1. The van der Waals surface area contributed by atoms with Gasteiger partial charge in [-0.3, -0.25) is 4.79 Å². The number of carbonyl (C=O) groups excluding carboxylic acids is 1. The number of rotatable bonds is 9. The van der Waals surface area contributed by atoms with Crippen LogP contribution in [0.5, 0.6) is 0 Å². The summed E-state index contributed by atoms with van der Waals surface area (Å²) in [4.78, 5) is 12.3. The van der Waals surface area contributed by atoms with Crippen molar-refractivity contribution in [2.45, 2.75) is 50.2 Å². The molecule has 0 bridgehead atoms. The maximum atomic E-state index is 12.3. The Morgan fingerprint density at radius 1 is 0.857 bits per heavy atom. The molecule has 1 unspecified atom stereocenters. The molecule has 0 saturated heterocycles. The summed E-state index contributed by atoms with van der Waals surface area (Å²) in [5.41, 5.74) is 2.02. The summed E-state index contributed by atoms with van der Waals surface area (Å²) in [6.07, 6.45) is 3.02. The first-order chi connectivity index (χ1) is 17.1. The van der Waals surface area contributed by atoms with Gasteiger partial charge in [-0.05, 0) is 30.4 Å². The zero-order valence-electron chi connectivity index (χ0n) is 19.0. The minimum Gasteiger partial charge on any atom is -0.373 e. The largest absolute Gasteiger partial charge is 0.373 e. The number of hydrogen-bond donors (Lipinski definition) is 3. The van der Waals surface area contributed by atoms with Gasteiger partial charge in [0.05, 0.1) is 6.42 Å². The minimum absolute atomic E-state index is 0.0912. The van der Waals surface area contributed by atoms with E-state index in [1.807, 2.05) is 60.7 Å².